The number of pyridine rings is 1. The maximum absolute atomic E-state index is 12.8. The third-order valence-corrected chi connectivity index (χ3v) is 2.11. The first-order valence-electron chi connectivity index (χ1n) is 3.90. The minimum atomic E-state index is -0.605. The van der Waals surface area contributed by atoms with Crippen LogP contribution >= 0.6 is 0 Å². The van der Waals surface area contributed by atoms with E-state index in [4.69, 9.17) is 16.2 Å². The van der Waals surface area contributed by atoms with Gasteiger partial charge < -0.3 is 16.2 Å². The summed E-state index contributed by atoms with van der Waals surface area (Å²) in [5.74, 6) is -0.460. The molecule has 70 valence electrons. The quantitative estimate of drug-likeness (QED) is 0.600. The molecule has 2 heterocycles. The predicted molar refractivity (Wildman–Crippen MR) is 45.3 cm³/mol. The lowest BCUT2D eigenvalue weighted by atomic mass is 9.90. The number of halogens is 1. The van der Waals surface area contributed by atoms with Crippen molar-refractivity contribution in [3.8, 4) is 0 Å². The average molecular weight is 183 g/mol. The molecule has 1 aliphatic rings. The van der Waals surface area contributed by atoms with Crippen molar-refractivity contribution in [2.24, 2.45) is 5.73 Å². The van der Waals surface area contributed by atoms with Gasteiger partial charge >= 0.3 is 0 Å². The number of hydrogen-bond acceptors (Lipinski definition) is 4. The van der Waals surface area contributed by atoms with Crippen molar-refractivity contribution >= 4 is 5.82 Å². The lowest BCUT2D eigenvalue weighted by Gasteiger charge is -2.38. The normalized spacial score (nSPS) is 19.5. The molecule has 0 amide bonds. The number of rotatable bonds is 1. The number of nitrogens with two attached hydrogens (primary N) is 2. The topological polar surface area (TPSA) is 74.2 Å². The molecule has 5 heteroatoms. The van der Waals surface area contributed by atoms with Crippen LogP contribution in [0, 0.1) is 5.95 Å². The fourth-order valence-electron chi connectivity index (χ4n) is 1.29. The summed E-state index contributed by atoms with van der Waals surface area (Å²) in [6, 6.07) is 2.87. The van der Waals surface area contributed by atoms with Gasteiger partial charge in [-0.2, -0.15) is 4.39 Å². The minimum absolute atomic E-state index is 0.145. The summed E-state index contributed by atoms with van der Waals surface area (Å²) >= 11 is 0. The monoisotopic (exact) mass is 183 g/mol. The van der Waals surface area contributed by atoms with E-state index in [2.05, 4.69) is 4.98 Å². The number of anilines is 1. The number of nitrogen functional groups attached to an aromatic ring is 1. The smallest absolute Gasteiger partial charge is 0.215 e. The molecule has 1 aromatic rings. The van der Waals surface area contributed by atoms with Crippen LogP contribution in [0.15, 0.2) is 12.1 Å². The Morgan fingerprint density at radius 2 is 2.15 bits per heavy atom. The highest BCUT2D eigenvalue weighted by molar-refractivity contribution is 5.37. The average Bonchev–Trinajstić information content (AvgIpc) is 1.98. The summed E-state index contributed by atoms with van der Waals surface area (Å²) in [6.45, 7) is 0.797. The maximum Gasteiger partial charge on any atom is 0.215 e. The second kappa shape index (κ2) is 2.65. The van der Waals surface area contributed by atoms with Crippen LogP contribution in [0.1, 0.15) is 5.56 Å². The predicted octanol–water partition coefficient (Wildman–Crippen LogP) is -0.0129. The minimum Gasteiger partial charge on any atom is -0.384 e. The molecule has 1 saturated heterocycles. The molecule has 1 fully saturated rings. The Balaban J connectivity index is 2.39. The van der Waals surface area contributed by atoms with Gasteiger partial charge in [0, 0.05) is 0 Å². The second-order valence-electron chi connectivity index (χ2n) is 3.25. The fourth-order valence-corrected chi connectivity index (χ4v) is 1.29. The summed E-state index contributed by atoms with van der Waals surface area (Å²) in [4.78, 5) is 3.42. The summed E-state index contributed by atoms with van der Waals surface area (Å²) in [7, 11) is 0. The van der Waals surface area contributed by atoms with Crippen molar-refractivity contribution in [1.29, 1.82) is 0 Å². The molecule has 1 aromatic heterocycles. The molecule has 0 bridgehead atoms. The zero-order valence-corrected chi connectivity index (χ0v) is 6.96. The van der Waals surface area contributed by atoms with Crippen molar-refractivity contribution in [3.63, 3.8) is 0 Å². The van der Waals surface area contributed by atoms with Gasteiger partial charge in [0.05, 0.1) is 18.8 Å². The number of aromatic nitrogens is 1. The Morgan fingerprint density at radius 1 is 1.46 bits per heavy atom. The molecule has 0 atom stereocenters. The Kier molecular flexibility index (Phi) is 1.71. The lowest BCUT2D eigenvalue weighted by molar-refractivity contribution is -0.0570. The molecular formula is C8H10FN3O. The SMILES string of the molecule is Nc1cc(C2(N)COC2)cc(F)n1. The highest BCUT2D eigenvalue weighted by Crippen LogP contribution is 2.27. The summed E-state index contributed by atoms with van der Waals surface area (Å²) in [5, 5.41) is 0. The molecule has 0 spiro atoms. The van der Waals surface area contributed by atoms with E-state index in [1.807, 2.05) is 0 Å². The number of nitrogens with zero attached hydrogens (tertiary/aromatic N) is 1. The molecule has 0 radical (unpaired) electrons. The van der Waals surface area contributed by atoms with Crippen LogP contribution in [-0.2, 0) is 10.3 Å². The first-order valence-corrected chi connectivity index (χ1v) is 3.90. The van der Waals surface area contributed by atoms with Crippen molar-refractivity contribution in [1.82, 2.24) is 4.98 Å². The van der Waals surface area contributed by atoms with E-state index in [0.29, 0.717) is 18.8 Å². The van der Waals surface area contributed by atoms with Gasteiger partial charge in [-0.05, 0) is 17.7 Å². The highest BCUT2D eigenvalue weighted by Gasteiger charge is 2.36. The zero-order valence-electron chi connectivity index (χ0n) is 6.96. The van der Waals surface area contributed by atoms with Gasteiger partial charge in [0.15, 0.2) is 0 Å². The van der Waals surface area contributed by atoms with Crippen molar-refractivity contribution in [2.45, 2.75) is 5.54 Å². The van der Waals surface area contributed by atoms with E-state index >= 15 is 0 Å². The van der Waals surface area contributed by atoms with Crippen LogP contribution in [0.4, 0.5) is 10.2 Å². The van der Waals surface area contributed by atoms with E-state index in [1.165, 1.54) is 6.07 Å². The van der Waals surface area contributed by atoms with Crippen LogP contribution in [0.2, 0.25) is 0 Å². The number of hydrogen-bond donors (Lipinski definition) is 2. The largest absolute Gasteiger partial charge is 0.384 e. The molecule has 13 heavy (non-hydrogen) atoms. The van der Waals surface area contributed by atoms with Crippen LogP contribution in [-0.4, -0.2) is 18.2 Å². The summed E-state index contributed by atoms with van der Waals surface area (Å²) in [6.07, 6.45) is 0. The Morgan fingerprint density at radius 3 is 2.62 bits per heavy atom. The van der Waals surface area contributed by atoms with Gasteiger partial charge in [-0.3, -0.25) is 0 Å². The first-order chi connectivity index (χ1) is 6.10. The Labute approximate surface area is 74.7 Å². The molecule has 1 aliphatic heterocycles. The van der Waals surface area contributed by atoms with Crippen LogP contribution in [0.3, 0.4) is 0 Å². The van der Waals surface area contributed by atoms with Gasteiger partial charge in [0.1, 0.15) is 5.82 Å². The van der Waals surface area contributed by atoms with E-state index in [0.717, 1.165) is 0 Å². The number of ether oxygens (including phenoxy) is 1. The lowest BCUT2D eigenvalue weighted by Crippen LogP contribution is -2.54. The van der Waals surface area contributed by atoms with Crippen molar-refractivity contribution in [2.75, 3.05) is 18.9 Å². The van der Waals surface area contributed by atoms with E-state index < -0.39 is 11.5 Å². The fraction of sp³-hybridized carbons (Fsp3) is 0.375. The van der Waals surface area contributed by atoms with Gasteiger partial charge in [0.25, 0.3) is 0 Å². The van der Waals surface area contributed by atoms with Crippen LogP contribution in [0.5, 0.6) is 0 Å². The molecule has 0 aliphatic carbocycles. The molecule has 2 rings (SSSR count). The standard InChI is InChI=1S/C8H10FN3O/c9-6-1-5(2-7(10)12-6)8(11)3-13-4-8/h1-2H,3-4,11H2,(H2,10,12). The maximum atomic E-state index is 12.8. The van der Waals surface area contributed by atoms with E-state index in [-0.39, 0.29) is 5.82 Å². The second-order valence-corrected chi connectivity index (χ2v) is 3.25. The van der Waals surface area contributed by atoms with Crippen molar-refractivity contribution in [3.05, 3.63) is 23.6 Å². The Hall–Kier alpha value is -1.20. The molecule has 0 unspecified atom stereocenters. The first kappa shape index (κ1) is 8.40. The molecule has 0 saturated carbocycles. The third-order valence-electron chi connectivity index (χ3n) is 2.11. The highest BCUT2D eigenvalue weighted by atomic mass is 19.1. The molecular weight excluding hydrogens is 173 g/mol. The van der Waals surface area contributed by atoms with Gasteiger partial charge in [-0.15, -0.1) is 0 Å². The zero-order chi connectivity index (χ0) is 9.47. The molecule has 4 nitrogen and oxygen atoms in total. The third kappa shape index (κ3) is 1.36. The van der Waals surface area contributed by atoms with Crippen molar-refractivity contribution < 1.29 is 9.13 Å². The van der Waals surface area contributed by atoms with Gasteiger partial charge in [-0.1, -0.05) is 0 Å². The molecule has 0 aromatic carbocycles. The van der Waals surface area contributed by atoms with Crippen LogP contribution in [0.25, 0.3) is 0 Å². The van der Waals surface area contributed by atoms with Gasteiger partial charge in [0.2, 0.25) is 5.95 Å². The Bertz CT molecular complexity index is 318. The molecule has 4 N–H and O–H groups in total. The van der Waals surface area contributed by atoms with E-state index in [1.54, 1.807) is 6.07 Å². The van der Waals surface area contributed by atoms with Crippen LogP contribution < -0.4 is 11.5 Å². The summed E-state index contributed by atoms with van der Waals surface area (Å²) < 4.78 is 17.8. The summed E-state index contributed by atoms with van der Waals surface area (Å²) in [5.41, 5.74) is 11.3. The van der Waals surface area contributed by atoms with E-state index in [9.17, 15) is 4.39 Å². The van der Waals surface area contributed by atoms with Gasteiger partial charge in [-0.25, -0.2) is 4.98 Å².